The Kier molecular flexibility index (Phi) is 5.39. The lowest BCUT2D eigenvalue weighted by molar-refractivity contribution is -0.389. The molecule has 0 bridgehead atoms. The summed E-state index contributed by atoms with van der Waals surface area (Å²) in [5, 5.41) is 12.4. The van der Waals surface area contributed by atoms with Gasteiger partial charge in [0.25, 0.3) is 0 Å². The van der Waals surface area contributed by atoms with Crippen LogP contribution < -0.4 is 4.74 Å². The second-order valence-electron chi connectivity index (χ2n) is 5.52. The van der Waals surface area contributed by atoms with Crippen LogP contribution in [-0.2, 0) is 0 Å². The maximum absolute atomic E-state index is 11.6. The number of aryl methyl sites for hydroxylation is 2. The molecular weight excluding hydrogens is 374 g/mol. The van der Waals surface area contributed by atoms with E-state index in [1.165, 1.54) is 18.1 Å². The Hall–Kier alpha value is -2.64. The van der Waals surface area contributed by atoms with Gasteiger partial charge >= 0.3 is 11.6 Å². The van der Waals surface area contributed by atoms with E-state index < -0.39 is 4.92 Å². The molecule has 1 heterocycles. The van der Waals surface area contributed by atoms with Crippen LogP contribution in [0.5, 0.6) is 11.6 Å². The maximum Gasteiger partial charge on any atom is 0.363 e. The summed E-state index contributed by atoms with van der Waals surface area (Å²) in [5.74, 6) is 0.307. The number of nitro groups is 1. The van der Waals surface area contributed by atoms with Crippen LogP contribution in [-0.4, -0.2) is 14.9 Å². The van der Waals surface area contributed by atoms with Crippen LogP contribution in [0.4, 0.5) is 5.69 Å². The molecule has 8 heteroatoms. The summed E-state index contributed by atoms with van der Waals surface area (Å²) in [6.07, 6.45) is 1.25. The van der Waals surface area contributed by atoms with Gasteiger partial charge in [0.15, 0.2) is 5.03 Å². The predicted octanol–water partition coefficient (Wildman–Crippen LogP) is 5.60. The average molecular weight is 388 g/mol. The van der Waals surface area contributed by atoms with E-state index in [4.69, 9.17) is 16.3 Å². The van der Waals surface area contributed by atoms with Crippen LogP contribution in [0.2, 0.25) is 5.02 Å². The molecule has 0 saturated heterocycles. The second-order valence-corrected chi connectivity index (χ2v) is 6.99. The van der Waals surface area contributed by atoms with Crippen LogP contribution in [0.25, 0.3) is 0 Å². The number of halogens is 1. The highest BCUT2D eigenvalue weighted by Crippen LogP contribution is 2.39. The zero-order valence-corrected chi connectivity index (χ0v) is 15.5. The van der Waals surface area contributed by atoms with Gasteiger partial charge in [-0.15, -0.1) is 0 Å². The molecule has 3 aromatic rings. The van der Waals surface area contributed by atoms with E-state index in [9.17, 15) is 10.1 Å². The van der Waals surface area contributed by atoms with Gasteiger partial charge < -0.3 is 4.74 Å². The molecule has 0 aliphatic carbocycles. The van der Waals surface area contributed by atoms with Gasteiger partial charge in [-0.1, -0.05) is 41.1 Å². The summed E-state index contributed by atoms with van der Waals surface area (Å²) in [6.45, 7) is 3.80. The van der Waals surface area contributed by atoms with Gasteiger partial charge in [-0.3, -0.25) is 10.1 Å². The fourth-order valence-corrected chi connectivity index (χ4v) is 3.13. The van der Waals surface area contributed by atoms with Crippen molar-refractivity contribution >= 4 is 29.1 Å². The highest BCUT2D eigenvalue weighted by molar-refractivity contribution is 7.99. The topological polar surface area (TPSA) is 78.2 Å². The van der Waals surface area contributed by atoms with E-state index in [-0.39, 0.29) is 16.6 Å². The quantitative estimate of drug-likeness (QED) is 0.322. The van der Waals surface area contributed by atoms with Crippen molar-refractivity contribution in [2.75, 3.05) is 0 Å². The Labute approximate surface area is 159 Å². The van der Waals surface area contributed by atoms with Crippen molar-refractivity contribution in [3.05, 3.63) is 75.1 Å². The normalized spacial score (nSPS) is 10.6. The molecule has 2 aromatic carbocycles. The number of aromatic nitrogens is 2. The third-order valence-electron chi connectivity index (χ3n) is 3.52. The number of hydrogen-bond acceptors (Lipinski definition) is 6. The van der Waals surface area contributed by atoms with Crippen LogP contribution >= 0.6 is 23.4 Å². The van der Waals surface area contributed by atoms with Gasteiger partial charge in [0.1, 0.15) is 12.1 Å². The van der Waals surface area contributed by atoms with Gasteiger partial charge in [-0.25, -0.2) is 4.98 Å². The molecule has 0 spiro atoms. The second kappa shape index (κ2) is 7.72. The monoisotopic (exact) mass is 387 g/mol. The lowest BCUT2D eigenvalue weighted by atomic mass is 10.2. The van der Waals surface area contributed by atoms with Gasteiger partial charge in [-0.05, 0) is 49.7 Å². The van der Waals surface area contributed by atoms with Crippen molar-refractivity contribution < 1.29 is 9.66 Å². The van der Waals surface area contributed by atoms with E-state index in [0.717, 1.165) is 16.0 Å². The van der Waals surface area contributed by atoms with E-state index >= 15 is 0 Å². The Morgan fingerprint density at radius 1 is 1.12 bits per heavy atom. The minimum atomic E-state index is -0.533. The first-order valence-electron chi connectivity index (χ1n) is 7.62. The first-order valence-corrected chi connectivity index (χ1v) is 8.81. The minimum absolute atomic E-state index is 0.110. The lowest BCUT2D eigenvalue weighted by Crippen LogP contribution is -2.00. The molecule has 132 valence electrons. The average Bonchev–Trinajstić information content (AvgIpc) is 2.60. The molecule has 1 aromatic heterocycles. The Morgan fingerprint density at radius 3 is 2.50 bits per heavy atom. The van der Waals surface area contributed by atoms with Crippen molar-refractivity contribution in [3.8, 4) is 11.6 Å². The minimum Gasteiger partial charge on any atom is -0.434 e. The SMILES string of the molecule is Cc1ccc(Sc2ncnc(Oc3ccc(Cl)c(C)c3)c2[N+](=O)[O-])cc1. The molecule has 0 aliphatic heterocycles. The fraction of sp³-hybridized carbons (Fsp3) is 0.111. The Morgan fingerprint density at radius 2 is 1.85 bits per heavy atom. The summed E-state index contributed by atoms with van der Waals surface area (Å²) in [7, 11) is 0. The highest BCUT2D eigenvalue weighted by atomic mass is 35.5. The van der Waals surface area contributed by atoms with Gasteiger partial charge in [0.2, 0.25) is 0 Å². The van der Waals surface area contributed by atoms with Crippen molar-refractivity contribution in [2.24, 2.45) is 0 Å². The van der Waals surface area contributed by atoms with Crippen LogP contribution in [0, 0.1) is 24.0 Å². The molecular formula is C18H14ClN3O3S. The Bertz CT molecular complexity index is 964. The van der Waals surface area contributed by atoms with E-state index in [1.807, 2.05) is 38.1 Å². The molecule has 0 saturated carbocycles. The van der Waals surface area contributed by atoms with Crippen molar-refractivity contribution in [2.45, 2.75) is 23.8 Å². The number of nitrogens with zero attached hydrogens (tertiary/aromatic N) is 3. The van der Waals surface area contributed by atoms with Crippen molar-refractivity contribution in [3.63, 3.8) is 0 Å². The summed E-state index contributed by atoms with van der Waals surface area (Å²) < 4.78 is 5.64. The van der Waals surface area contributed by atoms with Gasteiger partial charge in [0.05, 0.1) is 4.92 Å². The molecule has 0 atom stereocenters. The van der Waals surface area contributed by atoms with E-state index in [1.54, 1.807) is 18.2 Å². The zero-order valence-electron chi connectivity index (χ0n) is 14.0. The molecule has 0 aliphatic rings. The van der Waals surface area contributed by atoms with E-state index in [2.05, 4.69) is 9.97 Å². The van der Waals surface area contributed by atoms with Crippen LogP contribution in [0.15, 0.2) is 58.7 Å². The van der Waals surface area contributed by atoms with Gasteiger partial charge in [0, 0.05) is 9.92 Å². The smallest absolute Gasteiger partial charge is 0.363 e. The standard InChI is InChI=1S/C18H14ClN3O3S/c1-11-3-6-14(7-4-11)26-18-16(22(23)24)17(20-10-21-18)25-13-5-8-15(19)12(2)9-13/h3-10H,1-2H3. The van der Waals surface area contributed by atoms with Gasteiger partial charge in [-0.2, -0.15) is 4.98 Å². The molecule has 0 amide bonds. The molecule has 0 N–H and O–H groups in total. The number of hydrogen-bond donors (Lipinski definition) is 0. The molecule has 0 unspecified atom stereocenters. The molecule has 3 rings (SSSR count). The summed E-state index contributed by atoms with van der Waals surface area (Å²) in [5.41, 5.74) is 1.63. The van der Waals surface area contributed by atoms with E-state index in [0.29, 0.717) is 10.8 Å². The fourth-order valence-electron chi connectivity index (χ4n) is 2.16. The molecule has 0 radical (unpaired) electrons. The third-order valence-corrected chi connectivity index (χ3v) is 4.94. The van der Waals surface area contributed by atoms with Crippen LogP contribution in [0.3, 0.4) is 0 Å². The number of ether oxygens (including phenoxy) is 1. The summed E-state index contributed by atoms with van der Waals surface area (Å²) in [4.78, 5) is 19.9. The maximum atomic E-state index is 11.6. The molecule has 26 heavy (non-hydrogen) atoms. The third kappa shape index (κ3) is 4.12. The molecule has 6 nitrogen and oxygen atoms in total. The zero-order chi connectivity index (χ0) is 18.7. The highest BCUT2D eigenvalue weighted by Gasteiger charge is 2.25. The molecule has 0 fully saturated rings. The summed E-state index contributed by atoms with van der Waals surface area (Å²) >= 11 is 7.19. The first kappa shape index (κ1) is 18.2. The predicted molar refractivity (Wildman–Crippen MR) is 100 cm³/mol. The number of benzene rings is 2. The summed E-state index contributed by atoms with van der Waals surface area (Å²) in [6, 6.07) is 12.6. The Balaban J connectivity index is 1.96. The largest absolute Gasteiger partial charge is 0.434 e. The lowest BCUT2D eigenvalue weighted by Gasteiger charge is -2.08. The first-order chi connectivity index (χ1) is 12.4. The van der Waals surface area contributed by atoms with Crippen LogP contribution in [0.1, 0.15) is 11.1 Å². The number of rotatable bonds is 5. The van der Waals surface area contributed by atoms with Crippen molar-refractivity contribution in [1.29, 1.82) is 0 Å². The van der Waals surface area contributed by atoms with Crippen molar-refractivity contribution in [1.82, 2.24) is 9.97 Å².